The van der Waals surface area contributed by atoms with Gasteiger partial charge in [0, 0.05) is 39.4 Å². The zero-order valence-electron chi connectivity index (χ0n) is 11.2. The first-order chi connectivity index (χ1) is 8.41. The third kappa shape index (κ3) is 3.76. The number of amides is 2. The number of nitrogens with one attached hydrogen (secondary N) is 1. The predicted molar refractivity (Wildman–Crippen MR) is 71.6 cm³/mol. The number of rotatable bonds is 4. The normalized spacial score (nSPS) is 9.78. The van der Waals surface area contributed by atoms with E-state index in [9.17, 15) is 9.59 Å². The number of likely N-dealkylation sites (N-methyl/N-ethyl adjacent to an activating group) is 1. The van der Waals surface area contributed by atoms with Crippen molar-refractivity contribution in [3.63, 3.8) is 0 Å². The van der Waals surface area contributed by atoms with Gasteiger partial charge >= 0.3 is 0 Å². The molecule has 0 spiro atoms. The minimum Gasteiger partial charge on any atom is -0.376 e. The Hall–Kier alpha value is -2.04. The number of hydrogen-bond donors (Lipinski definition) is 1. The molecular formula is C13H19N3O2. The largest absolute Gasteiger partial charge is 0.376 e. The van der Waals surface area contributed by atoms with Gasteiger partial charge in [0.1, 0.15) is 0 Å². The first kappa shape index (κ1) is 14.0. The smallest absolute Gasteiger partial charge is 0.253 e. The van der Waals surface area contributed by atoms with E-state index in [1.165, 1.54) is 9.80 Å². The molecule has 0 saturated carbocycles. The molecular weight excluding hydrogens is 230 g/mol. The monoisotopic (exact) mass is 249 g/mol. The molecule has 0 aromatic heterocycles. The molecule has 1 aromatic rings. The van der Waals surface area contributed by atoms with Crippen LogP contribution in [0.15, 0.2) is 24.3 Å². The first-order valence-electron chi connectivity index (χ1n) is 5.67. The van der Waals surface area contributed by atoms with Gasteiger partial charge in [-0.25, -0.2) is 0 Å². The highest BCUT2D eigenvalue weighted by molar-refractivity contribution is 5.94. The van der Waals surface area contributed by atoms with Crippen molar-refractivity contribution < 1.29 is 9.59 Å². The van der Waals surface area contributed by atoms with Crippen molar-refractivity contribution in [3.05, 3.63) is 29.8 Å². The number of anilines is 1. The lowest BCUT2D eigenvalue weighted by Gasteiger charge is -2.13. The summed E-state index contributed by atoms with van der Waals surface area (Å²) in [4.78, 5) is 26.2. The van der Waals surface area contributed by atoms with Gasteiger partial charge in [-0.1, -0.05) is 6.07 Å². The van der Waals surface area contributed by atoms with Crippen molar-refractivity contribution in [2.45, 2.75) is 0 Å². The van der Waals surface area contributed by atoms with E-state index in [2.05, 4.69) is 5.32 Å². The average molecular weight is 249 g/mol. The van der Waals surface area contributed by atoms with E-state index >= 15 is 0 Å². The third-order valence-corrected chi connectivity index (χ3v) is 2.46. The molecule has 0 unspecified atom stereocenters. The molecule has 98 valence electrons. The number of benzene rings is 1. The van der Waals surface area contributed by atoms with Gasteiger partial charge in [-0.2, -0.15) is 0 Å². The van der Waals surface area contributed by atoms with E-state index in [1.54, 1.807) is 46.4 Å². The third-order valence-electron chi connectivity index (χ3n) is 2.46. The van der Waals surface area contributed by atoms with Crippen molar-refractivity contribution in [1.82, 2.24) is 9.80 Å². The van der Waals surface area contributed by atoms with Crippen molar-refractivity contribution in [2.75, 3.05) is 40.1 Å². The summed E-state index contributed by atoms with van der Waals surface area (Å²) in [6.45, 7) is 0.215. The van der Waals surface area contributed by atoms with E-state index in [0.29, 0.717) is 5.56 Å². The fraction of sp³-hybridized carbons (Fsp3) is 0.385. The van der Waals surface area contributed by atoms with Crippen molar-refractivity contribution in [1.29, 1.82) is 0 Å². The van der Waals surface area contributed by atoms with Crippen molar-refractivity contribution in [2.24, 2.45) is 0 Å². The summed E-state index contributed by atoms with van der Waals surface area (Å²) in [5, 5.41) is 3.00. The maximum Gasteiger partial charge on any atom is 0.253 e. The van der Waals surface area contributed by atoms with Crippen LogP contribution in [0.2, 0.25) is 0 Å². The molecule has 0 aliphatic rings. The predicted octanol–water partition coefficient (Wildman–Crippen LogP) is 0.888. The Balaban J connectivity index is 2.71. The van der Waals surface area contributed by atoms with Gasteiger partial charge in [-0.05, 0) is 18.2 Å². The number of carbonyl (C=O) groups excluding carboxylic acids is 2. The zero-order chi connectivity index (χ0) is 13.7. The number of nitrogens with zero attached hydrogens (tertiary/aromatic N) is 2. The lowest BCUT2D eigenvalue weighted by molar-refractivity contribution is -0.126. The van der Waals surface area contributed by atoms with Crippen LogP contribution in [-0.2, 0) is 4.79 Å². The maximum atomic E-state index is 11.8. The Bertz CT molecular complexity index is 442. The molecule has 0 radical (unpaired) electrons. The van der Waals surface area contributed by atoms with Gasteiger partial charge in [0.05, 0.1) is 6.54 Å². The van der Waals surface area contributed by atoms with Crippen LogP contribution in [0.4, 0.5) is 5.69 Å². The number of hydrogen-bond acceptors (Lipinski definition) is 3. The van der Waals surface area contributed by atoms with Gasteiger partial charge in [-0.3, -0.25) is 9.59 Å². The summed E-state index contributed by atoms with van der Waals surface area (Å²) < 4.78 is 0. The fourth-order valence-electron chi connectivity index (χ4n) is 1.36. The highest BCUT2D eigenvalue weighted by Crippen LogP contribution is 2.11. The minimum atomic E-state index is -0.0578. The van der Waals surface area contributed by atoms with Crippen LogP contribution in [0, 0.1) is 0 Å². The van der Waals surface area contributed by atoms with Gasteiger partial charge in [0.2, 0.25) is 5.91 Å². The molecule has 0 saturated heterocycles. The van der Waals surface area contributed by atoms with Crippen molar-refractivity contribution in [3.8, 4) is 0 Å². The molecule has 0 aliphatic carbocycles. The molecule has 18 heavy (non-hydrogen) atoms. The van der Waals surface area contributed by atoms with Gasteiger partial charge in [0.25, 0.3) is 5.91 Å². The molecule has 0 bridgehead atoms. The Labute approximate surface area is 107 Å². The second kappa shape index (κ2) is 6.05. The molecule has 2 amide bonds. The molecule has 0 fully saturated rings. The number of carbonyl (C=O) groups is 2. The second-order valence-electron chi connectivity index (χ2n) is 4.42. The molecule has 0 atom stereocenters. The molecule has 1 N–H and O–H groups in total. The lowest BCUT2D eigenvalue weighted by atomic mass is 10.2. The van der Waals surface area contributed by atoms with Crippen LogP contribution < -0.4 is 5.32 Å². The second-order valence-corrected chi connectivity index (χ2v) is 4.42. The molecule has 0 aliphatic heterocycles. The highest BCUT2D eigenvalue weighted by atomic mass is 16.2. The highest BCUT2D eigenvalue weighted by Gasteiger charge is 2.09. The van der Waals surface area contributed by atoms with Crippen molar-refractivity contribution >= 4 is 17.5 Å². The van der Waals surface area contributed by atoms with E-state index in [0.717, 1.165) is 5.69 Å². The van der Waals surface area contributed by atoms with Crippen LogP contribution in [0.1, 0.15) is 10.4 Å². The standard InChI is InChI=1S/C13H19N3O2/c1-15(2)12(17)9-14-11-7-5-6-10(8-11)13(18)16(3)4/h5-8,14H,9H2,1-4H3. The van der Waals surface area contributed by atoms with Crippen LogP contribution >= 0.6 is 0 Å². The minimum absolute atomic E-state index is 0.0145. The van der Waals surface area contributed by atoms with Crippen LogP contribution in [0.25, 0.3) is 0 Å². The molecule has 1 rings (SSSR count). The summed E-state index contributed by atoms with van der Waals surface area (Å²) in [5.74, 6) is -0.0723. The van der Waals surface area contributed by atoms with Crippen LogP contribution in [0.3, 0.4) is 0 Å². The Morgan fingerprint density at radius 3 is 2.33 bits per heavy atom. The van der Waals surface area contributed by atoms with E-state index in [1.807, 2.05) is 6.07 Å². The molecule has 5 nitrogen and oxygen atoms in total. The van der Waals surface area contributed by atoms with Crippen LogP contribution in [-0.4, -0.2) is 56.3 Å². The summed E-state index contributed by atoms with van der Waals surface area (Å²) >= 11 is 0. The van der Waals surface area contributed by atoms with Crippen LogP contribution in [0.5, 0.6) is 0 Å². The molecule has 1 aromatic carbocycles. The average Bonchev–Trinajstić information content (AvgIpc) is 2.35. The summed E-state index contributed by atoms with van der Waals surface area (Å²) in [5.41, 5.74) is 1.36. The summed E-state index contributed by atoms with van der Waals surface area (Å²) in [6.07, 6.45) is 0. The lowest BCUT2D eigenvalue weighted by Crippen LogP contribution is -2.28. The molecule has 5 heteroatoms. The first-order valence-corrected chi connectivity index (χ1v) is 5.67. The Kier molecular flexibility index (Phi) is 4.71. The van der Waals surface area contributed by atoms with Gasteiger partial charge in [0.15, 0.2) is 0 Å². The van der Waals surface area contributed by atoms with E-state index in [4.69, 9.17) is 0 Å². The SMILES string of the molecule is CN(C)C(=O)CNc1cccc(C(=O)N(C)C)c1. The zero-order valence-corrected chi connectivity index (χ0v) is 11.2. The Morgan fingerprint density at radius 1 is 1.11 bits per heavy atom. The Morgan fingerprint density at radius 2 is 1.78 bits per heavy atom. The fourth-order valence-corrected chi connectivity index (χ4v) is 1.36. The quantitative estimate of drug-likeness (QED) is 0.862. The maximum absolute atomic E-state index is 11.8. The topological polar surface area (TPSA) is 52.7 Å². The summed E-state index contributed by atoms with van der Waals surface area (Å²) in [7, 11) is 6.82. The van der Waals surface area contributed by atoms with Gasteiger partial charge < -0.3 is 15.1 Å². The van der Waals surface area contributed by atoms with E-state index < -0.39 is 0 Å². The summed E-state index contributed by atoms with van der Waals surface area (Å²) in [6, 6.07) is 7.11. The van der Waals surface area contributed by atoms with E-state index in [-0.39, 0.29) is 18.4 Å². The molecule has 0 heterocycles. The van der Waals surface area contributed by atoms with Gasteiger partial charge in [-0.15, -0.1) is 0 Å².